The molecular formula is C13H15BrN2. The predicted molar refractivity (Wildman–Crippen MR) is 70.2 cm³/mol. The molecule has 1 aromatic carbocycles. The van der Waals surface area contributed by atoms with Crippen LogP contribution in [-0.2, 0) is 6.54 Å². The van der Waals surface area contributed by atoms with Crippen LogP contribution in [0.5, 0.6) is 0 Å². The molecule has 2 aromatic rings. The lowest BCUT2D eigenvalue weighted by Gasteiger charge is -2.15. The van der Waals surface area contributed by atoms with Gasteiger partial charge in [-0.2, -0.15) is 0 Å². The van der Waals surface area contributed by atoms with E-state index in [-0.39, 0.29) is 0 Å². The highest BCUT2D eigenvalue weighted by Crippen LogP contribution is 2.22. The molecule has 0 unspecified atom stereocenters. The van der Waals surface area contributed by atoms with E-state index >= 15 is 0 Å². The van der Waals surface area contributed by atoms with Gasteiger partial charge in [-0.15, -0.1) is 0 Å². The number of aromatic amines is 1. The largest absolute Gasteiger partial charge is 0.367 e. The van der Waals surface area contributed by atoms with Crippen LogP contribution in [0, 0.1) is 0 Å². The molecule has 0 aliphatic rings. The van der Waals surface area contributed by atoms with E-state index in [2.05, 4.69) is 57.4 Å². The van der Waals surface area contributed by atoms with Crippen LogP contribution >= 0.6 is 15.9 Å². The number of hydrogen-bond donors (Lipinski definition) is 2. The van der Waals surface area contributed by atoms with Crippen LogP contribution in [0.2, 0.25) is 0 Å². The molecule has 1 heterocycles. The average molecular weight is 279 g/mol. The fourth-order valence-electron chi connectivity index (χ4n) is 1.68. The minimum Gasteiger partial charge on any atom is -0.367 e. The molecular weight excluding hydrogens is 264 g/mol. The summed E-state index contributed by atoms with van der Waals surface area (Å²) >= 11 is 3.57. The minimum absolute atomic E-state index is 0.338. The van der Waals surface area contributed by atoms with Gasteiger partial charge in [0.1, 0.15) is 0 Å². The van der Waals surface area contributed by atoms with E-state index in [1.165, 1.54) is 11.1 Å². The van der Waals surface area contributed by atoms with Gasteiger partial charge < -0.3 is 10.3 Å². The normalized spacial score (nSPS) is 12.6. The van der Waals surface area contributed by atoms with Gasteiger partial charge in [0.2, 0.25) is 0 Å². The van der Waals surface area contributed by atoms with Gasteiger partial charge in [0.05, 0.1) is 0 Å². The first kappa shape index (κ1) is 11.4. The maximum Gasteiger partial charge on any atom is 0.0306 e. The third-order valence-corrected chi connectivity index (χ3v) is 3.37. The van der Waals surface area contributed by atoms with Crippen LogP contribution in [0.15, 0.2) is 47.2 Å². The Kier molecular flexibility index (Phi) is 3.80. The number of benzene rings is 1. The van der Waals surface area contributed by atoms with E-state index in [4.69, 9.17) is 0 Å². The van der Waals surface area contributed by atoms with Crippen molar-refractivity contribution in [2.24, 2.45) is 0 Å². The Balaban J connectivity index is 1.98. The first-order chi connectivity index (χ1) is 7.77. The van der Waals surface area contributed by atoms with Gasteiger partial charge in [-0.05, 0) is 30.2 Å². The zero-order valence-corrected chi connectivity index (χ0v) is 10.8. The highest BCUT2D eigenvalue weighted by molar-refractivity contribution is 9.10. The lowest BCUT2D eigenvalue weighted by molar-refractivity contribution is 0.573. The van der Waals surface area contributed by atoms with Gasteiger partial charge in [-0.3, -0.25) is 0 Å². The average Bonchev–Trinajstić information content (AvgIpc) is 2.79. The molecule has 0 spiro atoms. The summed E-state index contributed by atoms with van der Waals surface area (Å²) in [5.74, 6) is 0. The molecule has 0 saturated heterocycles. The standard InChI is InChI=1S/C13H15BrN2/c1-10(12-4-2-3-5-13(12)14)16-9-11-6-7-15-8-11/h2-8,10,15-16H,9H2,1H3/t10-/m1/s1. The van der Waals surface area contributed by atoms with Crippen LogP contribution in [0.25, 0.3) is 0 Å². The van der Waals surface area contributed by atoms with Gasteiger partial charge in [0.15, 0.2) is 0 Å². The Hall–Kier alpha value is -1.06. The maximum absolute atomic E-state index is 3.57. The van der Waals surface area contributed by atoms with E-state index in [1.807, 2.05) is 18.5 Å². The SMILES string of the molecule is C[C@@H](NCc1cc[nH]c1)c1ccccc1Br. The number of halogens is 1. The zero-order valence-electron chi connectivity index (χ0n) is 9.20. The Morgan fingerprint density at radius 1 is 1.31 bits per heavy atom. The Labute approximate surface area is 104 Å². The second-order valence-electron chi connectivity index (χ2n) is 3.84. The van der Waals surface area contributed by atoms with Gasteiger partial charge >= 0.3 is 0 Å². The van der Waals surface area contributed by atoms with Gasteiger partial charge in [-0.1, -0.05) is 34.1 Å². The Bertz CT molecular complexity index is 437. The van der Waals surface area contributed by atoms with Crippen LogP contribution in [0.1, 0.15) is 24.1 Å². The Morgan fingerprint density at radius 2 is 2.12 bits per heavy atom. The van der Waals surface area contributed by atoms with Crippen molar-refractivity contribution < 1.29 is 0 Å². The molecule has 2 N–H and O–H groups in total. The summed E-state index contributed by atoms with van der Waals surface area (Å²) in [6.45, 7) is 3.05. The van der Waals surface area contributed by atoms with Crippen LogP contribution in [-0.4, -0.2) is 4.98 Å². The zero-order chi connectivity index (χ0) is 11.4. The molecule has 0 aliphatic carbocycles. The highest BCUT2D eigenvalue weighted by Gasteiger charge is 2.07. The topological polar surface area (TPSA) is 27.8 Å². The predicted octanol–water partition coefficient (Wildman–Crippen LogP) is 3.63. The number of aromatic nitrogens is 1. The summed E-state index contributed by atoms with van der Waals surface area (Å²) in [6, 6.07) is 10.7. The van der Waals surface area contributed by atoms with E-state index in [9.17, 15) is 0 Å². The van der Waals surface area contributed by atoms with Crippen molar-refractivity contribution in [2.45, 2.75) is 19.5 Å². The van der Waals surface area contributed by atoms with Gasteiger partial charge in [0, 0.05) is 29.5 Å². The first-order valence-electron chi connectivity index (χ1n) is 5.37. The molecule has 84 valence electrons. The van der Waals surface area contributed by atoms with E-state index in [1.54, 1.807) is 0 Å². The van der Waals surface area contributed by atoms with E-state index in [0.29, 0.717) is 6.04 Å². The summed E-state index contributed by atoms with van der Waals surface area (Å²) in [7, 11) is 0. The Morgan fingerprint density at radius 3 is 2.81 bits per heavy atom. The van der Waals surface area contributed by atoms with Crippen molar-refractivity contribution >= 4 is 15.9 Å². The number of hydrogen-bond acceptors (Lipinski definition) is 1. The summed E-state index contributed by atoms with van der Waals surface area (Å²) in [6.07, 6.45) is 3.96. The number of rotatable bonds is 4. The third-order valence-electron chi connectivity index (χ3n) is 2.65. The molecule has 1 atom stereocenters. The van der Waals surface area contributed by atoms with Crippen molar-refractivity contribution in [2.75, 3.05) is 0 Å². The summed E-state index contributed by atoms with van der Waals surface area (Å²) in [4.78, 5) is 3.06. The summed E-state index contributed by atoms with van der Waals surface area (Å²) in [5.41, 5.74) is 2.57. The molecule has 3 heteroatoms. The van der Waals surface area contributed by atoms with Crippen LogP contribution < -0.4 is 5.32 Å². The molecule has 2 rings (SSSR count). The molecule has 0 bridgehead atoms. The summed E-state index contributed by atoms with van der Waals surface area (Å²) < 4.78 is 1.16. The minimum atomic E-state index is 0.338. The molecule has 16 heavy (non-hydrogen) atoms. The second-order valence-corrected chi connectivity index (χ2v) is 4.70. The maximum atomic E-state index is 3.57. The van der Waals surface area contributed by atoms with Crippen molar-refractivity contribution in [1.29, 1.82) is 0 Å². The summed E-state index contributed by atoms with van der Waals surface area (Å²) in [5, 5.41) is 3.49. The molecule has 0 amide bonds. The van der Waals surface area contributed by atoms with Crippen molar-refractivity contribution in [3.63, 3.8) is 0 Å². The highest BCUT2D eigenvalue weighted by atomic mass is 79.9. The van der Waals surface area contributed by atoms with Crippen molar-refractivity contribution in [3.8, 4) is 0 Å². The van der Waals surface area contributed by atoms with Gasteiger partial charge in [0.25, 0.3) is 0 Å². The van der Waals surface area contributed by atoms with Gasteiger partial charge in [-0.25, -0.2) is 0 Å². The lowest BCUT2D eigenvalue weighted by Crippen LogP contribution is -2.18. The second kappa shape index (κ2) is 5.32. The lowest BCUT2D eigenvalue weighted by atomic mass is 10.1. The quantitative estimate of drug-likeness (QED) is 0.878. The monoisotopic (exact) mass is 278 g/mol. The smallest absolute Gasteiger partial charge is 0.0306 e. The van der Waals surface area contributed by atoms with Crippen molar-refractivity contribution in [3.05, 3.63) is 58.3 Å². The molecule has 0 aliphatic heterocycles. The van der Waals surface area contributed by atoms with Crippen LogP contribution in [0.3, 0.4) is 0 Å². The first-order valence-corrected chi connectivity index (χ1v) is 6.16. The van der Waals surface area contributed by atoms with Crippen LogP contribution in [0.4, 0.5) is 0 Å². The van der Waals surface area contributed by atoms with E-state index in [0.717, 1.165) is 11.0 Å². The molecule has 2 nitrogen and oxygen atoms in total. The molecule has 0 radical (unpaired) electrons. The number of nitrogens with one attached hydrogen (secondary N) is 2. The fraction of sp³-hybridized carbons (Fsp3) is 0.231. The molecule has 0 saturated carbocycles. The number of H-pyrrole nitrogens is 1. The fourth-order valence-corrected chi connectivity index (χ4v) is 2.30. The molecule has 1 aromatic heterocycles. The van der Waals surface area contributed by atoms with E-state index < -0.39 is 0 Å². The molecule has 0 fully saturated rings. The van der Waals surface area contributed by atoms with Crippen molar-refractivity contribution in [1.82, 2.24) is 10.3 Å². The third kappa shape index (κ3) is 2.74.